The molecule has 10 aromatic rings. The minimum Gasteiger partial charge on any atom is -0.436 e. The van der Waals surface area contributed by atoms with Gasteiger partial charge in [0.2, 0.25) is 5.89 Å². The maximum absolute atomic E-state index is 6.14. The summed E-state index contributed by atoms with van der Waals surface area (Å²) in [6.07, 6.45) is 0. The molecule has 55 heavy (non-hydrogen) atoms. The highest BCUT2D eigenvalue weighted by Gasteiger charge is 2.18. The molecule has 0 unspecified atom stereocenters. The largest absolute Gasteiger partial charge is 0.436 e. The average molecular weight is 703 g/mol. The molecular weight excluding hydrogens is 669 g/mol. The van der Waals surface area contributed by atoms with Gasteiger partial charge in [0.25, 0.3) is 0 Å². The van der Waals surface area contributed by atoms with Crippen LogP contribution in [0, 0.1) is 0 Å². The summed E-state index contributed by atoms with van der Waals surface area (Å²) in [5, 5.41) is 2.40. The highest BCUT2D eigenvalue weighted by molar-refractivity contribution is 6.07. The van der Waals surface area contributed by atoms with Gasteiger partial charge in [-0.1, -0.05) is 164 Å². The lowest BCUT2D eigenvalue weighted by Gasteiger charge is -2.19. The number of fused-ring (bicyclic) bond motifs is 2. The fourth-order valence-corrected chi connectivity index (χ4v) is 7.63. The van der Waals surface area contributed by atoms with Gasteiger partial charge < -0.3 is 4.42 Å². The molecule has 0 amide bonds. The lowest BCUT2D eigenvalue weighted by molar-refractivity contribution is 0.620. The molecule has 0 saturated carbocycles. The van der Waals surface area contributed by atoms with Crippen molar-refractivity contribution >= 4 is 21.9 Å². The van der Waals surface area contributed by atoms with Crippen LogP contribution in [0.1, 0.15) is 0 Å². The van der Waals surface area contributed by atoms with Gasteiger partial charge in [0.05, 0.1) is 11.4 Å². The molecule has 0 aliphatic heterocycles. The van der Waals surface area contributed by atoms with Gasteiger partial charge >= 0.3 is 0 Å². The predicted molar refractivity (Wildman–Crippen MR) is 227 cm³/mol. The van der Waals surface area contributed by atoms with Crippen LogP contribution in [-0.2, 0) is 0 Å². The number of oxazole rings is 1. The Kier molecular flexibility index (Phi) is 8.16. The molecule has 0 fully saturated rings. The Hall–Kier alpha value is -7.36. The molecule has 2 heterocycles. The van der Waals surface area contributed by atoms with E-state index in [0.717, 1.165) is 67.0 Å². The molecule has 258 valence electrons. The fourth-order valence-electron chi connectivity index (χ4n) is 7.63. The summed E-state index contributed by atoms with van der Waals surface area (Å²) < 4.78 is 6.14. The Balaban J connectivity index is 1.13. The first kappa shape index (κ1) is 32.3. The minimum atomic E-state index is 0.627. The second-order valence-corrected chi connectivity index (χ2v) is 13.8. The predicted octanol–water partition coefficient (Wildman–Crippen LogP) is 14.0. The summed E-state index contributed by atoms with van der Waals surface area (Å²) in [6.45, 7) is 0. The van der Waals surface area contributed by atoms with E-state index in [-0.39, 0.29) is 0 Å². The van der Waals surface area contributed by atoms with E-state index in [9.17, 15) is 0 Å². The molecule has 0 spiro atoms. The Morgan fingerprint density at radius 2 is 0.909 bits per heavy atom. The van der Waals surface area contributed by atoms with Crippen molar-refractivity contribution in [3.05, 3.63) is 206 Å². The first-order valence-corrected chi connectivity index (χ1v) is 18.6. The molecule has 0 aliphatic carbocycles. The molecule has 0 radical (unpaired) electrons. The first-order valence-electron chi connectivity index (χ1n) is 18.6. The van der Waals surface area contributed by atoms with Crippen LogP contribution in [0.5, 0.6) is 0 Å². The molecule has 10 rings (SSSR count). The molecule has 3 nitrogen and oxygen atoms in total. The average Bonchev–Trinajstić information content (AvgIpc) is 3.71. The van der Waals surface area contributed by atoms with Gasteiger partial charge in [-0.05, 0) is 97.7 Å². The summed E-state index contributed by atoms with van der Waals surface area (Å²) in [4.78, 5) is 10.0. The SMILES string of the molecule is c1ccc(-c2cc(-c3ccccc3-c3c(-c4cccc(-c5ccc6oc(-c7ccccc7)nc6c5)c4)ccc4ccccc34)cc(-c3ccccc3)n2)cc1. The van der Waals surface area contributed by atoms with Gasteiger partial charge in [0, 0.05) is 16.7 Å². The number of benzene rings is 8. The normalized spacial score (nSPS) is 11.3. The second-order valence-electron chi connectivity index (χ2n) is 13.8. The summed E-state index contributed by atoms with van der Waals surface area (Å²) in [7, 11) is 0. The van der Waals surface area contributed by atoms with Gasteiger partial charge in [0.15, 0.2) is 5.58 Å². The van der Waals surface area contributed by atoms with E-state index in [4.69, 9.17) is 14.4 Å². The van der Waals surface area contributed by atoms with Gasteiger partial charge in [0.1, 0.15) is 5.52 Å². The molecule has 2 aromatic heterocycles. The Morgan fingerprint density at radius 3 is 1.64 bits per heavy atom. The van der Waals surface area contributed by atoms with Crippen molar-refractivity contribution < 1.29 is 4.42 Å². The zero-order valence-corrected chi connectivity index (χ0v) is 29.9. The number of hydrogen-bond acceptors (Lipinski definition) is 3. The number of nitrogens with zero attached hydrogens (tertiary/aromatic N) is 2. The molecule has 0 saturated heterocycles. The maximum atomic E-state index is 6.14. The van der Waals surface area contributed by atoms with Crippen LogP contribution in [0.2, 0.25) is 0 Å². The lowest BCUT2D eigenvalue weighted by Crippen LogP contribution is -1.94. The summed E-state index contributed by atoms with van der Waals surface area (Å²) in [6, 6.07) is 72.5. The lowest BCUT2D eigenvalue weighted by atomic mass is 9.85. The zero-order chi connectivity index (χ0) is 36.6. The Labute approximate surface area is 319 Å². The van der Waals surface area contributed by atoms with Gasteiger partial charge in [-0.25, -0.2) is 9.97 Å². The number of hydrogen-bond donors (Lipinski definition) is 0. The van der Waals surface area contributed by atoms with Crippen LogP contribution in [0.4, 0.5) is 0 Å². The van der Waals surface area contributed by atoms with Crippen LogP contribution < -0.4 is 0 Å². The molecule has 0 aliphatic rings. The highest BCUT2D eigenvalue weighted by atomic mass is 16.3. The number of aromatic nitrogens is 2. The molecule has 0 atom stereocenters. The van der Waals surface area contributed by atoms with Crippen molar-refractivity contribution in [3.8, 4) is 78.5 Å². The molecule has 8 aromatic carbocycles. The third-order valence-electron chi connectivity index (χ3n) is 10.3. The van der Waals surface area contributed by atoms with E-state index in [1.165, 1.54) is 27.5 Å². The highest BCUT2D eigenvalue weighted by Crippen LogP contribution is 2.44. The summed E-state index contributed by atoms with van der Waals surface area (Å²) in [5.74, 6) is 0.627. The Bertz CT molecular complexity index is 2910. The molecular formula is C52H34N2O. The van der Waals surface area contributed by atoms with Crippen LogP contribution in [0.25, 0.3) is 100 Å². The minimum absolute atomic E-state index is 0.627. The fraction of sp³-hybridized carbons (Fsp3) is 0. The van der Waals surface area contributed by atoms with Crippen molar-refractivity contribution in [2.75, 3.05) is 0 Å². The number of rotatable bonds is 7. The third-order valence-corrected chi connectivity index (χ3v) is 10.3. The van der Waals surface area contributed by atoms with Crippen molar-refractivity contribution in [2.45, 2.75) is 0 Å². The second kappa shape index (κ2) is 13.9. The van der Waals surface area contributed by atoms with E-state index in [1.54, 1.807) is 0 Å². The third kappa shape index (κ3) is 6.18. The van der Waals surface area contributed by atoms with E-state index >= 15 is 0 Å². The summed E-state index contributed by atoms with van der Waals surface area (Å²) >= 11 is 0. The molecule has 0 bridgehead atoms. The molecule has 3 heteroatoms. The topological polar surface area (TPSA) is 38.9 Å². The van der Waals surface area contributed by atoms with Crippen LogP contribution in [0.3, 0.4) is 0 Å². The number of pyridine rings is 1. The van der Waals surface area contributed by atoms with E-state index in [2.05, 4.69) is 158 Å². The molecule has 0 N–H and O–H groups in total. The van der Waals surface area contributed by atoms with Crippen molar-refractivity contribution in [1.29, 1.82) is 0 Å². The quantitative estimate of drug-likeness (QED) is 0.166. The van der Waals surface area contributed by atoms with Gasteiger partial charge in [-0.2, -0.15) is 0 Å². The van der Waals surface area contributed by atoms with Gasteiger partial charge in [-0.3, -0.25) is 0 Å². The first-order chi connectivity index (χ1) is 27.2. The Morgan fingerprint density at radius 1 is 0.327 bits per heavy atom. The van der Waals surface area contributed by atoms with Gasteiger partial charge in [-0.15, -0.1) is 0 Å². The monoisotopic (exact) mass is 702 g/mol. The maximum Gasteiger partial charge on any atom is 0.227 e. The standard InChI is InChI=1S/C52H34N2O/c1-4-16-36(17-5-1)47-33-42(34-48(53-47)37-18-6-2-7-19-37)43-24-12-13-26-46(43)51-44-25-11-10-15-35(44)27-29-45(51)41-23-14-22-39(31-41)40-28-30-50-49(32-40)54-52(55-50)38-20-8-3-9-21-38/h1-34H. The van der Waals surface area contributed by atoms with Crippen LogP contribution in [0.15, 0.2) is 211 Å². The zero-order valence-electron chi connectivity index (χ0n) is 29.9. The van der Waals surface area contributed by atoms with Crippen molar-refractivity contribution in [2.24, 2.45) is 0 Å². The van der Waals surface area contributed by atoms with E-state index in [1.807, 2.05) is 48.5 Å². The smallest absolute Gasteiger partial charge is 0.227 e. The van der Waals surface area contributed by atoms with Crippen LogP contribution >= 0.6 is 0 Å². The van der Waals surface area contributed by atoms with E-state index < -0.39 is 0 Å². The van der Waals surface area contributed by atoms with Crippen molar-refractivity contribution in [3.63, 3.8) is 0 Å². The summed E-state index contributed by atoms with van der Waals surface area (Å²) in [5.41, 5.74) is 15.8. The van der Waals surface area contributed by atoms with E-state index in [0.29, 0.717) is 5.89 Å². The van der Waals surface area contributed by atoms with Crippen LogP contribution in [-0.4, -0.2) is 9.97 Å². The van der Waals surface area contributed by atoms with Crippen molar-refractivity contribution in [1.82, 2.24) is 9.97 Å².